The van der Waals surface area contributed by atoms with E-state index < -0.39 is 18.2 Å². The molecule has 0 spiro atoms. The Bertz CT molecular complexity index is 720. The van der Waals surface area contributed by atoms with Gasteiger partial charge in [0.1, 0.15) is 12.1 Å². The number of aliphatic hydroxyl groups is 1. The Morgan fingerprint density at radius 3 is 2.56 bits per heavy atom. The maximum absolute atomic E-state index is 12.8. The van der Waals surface area contributed by atoms with Crippen molar-refractivity contribution in [3.05, 3.63) is 34.9 Å². The van der Waals surface area contributed by atoms with E-state index in [2.05, 4.69) is 36.9 Å². The van der Waals surface area contributed by atoms with Crippen molar-refractivity contribution < 1.29 is 14.7 Å². The number of nitrogens with zero attached hydrogens (tertiary/aromatic N) is 3. The van der Waals surface area contributed by atoms with Crippen molar-refractivity contribution in [2.45, 2.75) is 45.0 Å². The number of hydrogen-bond acceptors (Lipinski definition) is 4. The molecular weight excluding hydrogens is 318 g/mol. The lowest BCUT2D eigenvalue weighted by Gasteiger charge is -2.47. The Morgan fingerprint density at radius 1 is 1.04 bits per heavy atom. The van der Waals surface area contributed by atoms with Gasteiger partial charge in [0.2, 0.25) is 11.8 Å². The topological polar surface area (TPSA) is 64.1 Å². The summed E-state index contributed by atoms with van der Waals surface area (Å²) in [6, 6.07) is 5.58. The van der Waals surface area contributed by atoms with Gasteiger partial charge in [-0.1, -0.05) is 23.8 Å². The molecule has 1 N–H and O–H groups in total. The molecule has 0 saturated carbocycles. The molecule has 0 aliphatic carbocycles. The smallest absolute Gasteiger partial charge is 0.247 e. The van der Waals surface area contributed by atoms with E-state index in [0.717, 1.165) is 13.1 Å². The standard InChI is InChI=1S/C19H25N3O3/c1-12-3-4-14(13(2)7-12)9-20-5-6-21-17(11-20)19(25)22-10-15(23)8-16(22)18(21)24/h3-4,7,15-17,23H,5-6,8-11H2,1-2H3/t15-,16+,17-/m1/s1. The average Bonchev–Trinajstić information content (AvgIpc) is 2.97. The molecule has 0 bridgehead atoms. The Kier molecular flexibility index (Phi) is 4.04. The lowest BCUT2D eigenvalue weighted by molar-refractivity contribution is -0.163. The second-order valence-corrected chi connectivity index (χ2v) is 7.61. The minimum atomic E-state index is -0.578. The number of carbonyl (C=O) groups excluding carboxylic acids is 2. The quantitative estimate of drug-likeness (QED) is 0.838. The molecule has 6 heteroatoms. The molecule has 2 amide bonds. The first-order chi connectivity index (χ1) is 11.9. The van der Waals surface area contributed by atoms with Crippen LogP contribution >= 0.6 is 0 Å². The number of carbonyl (C=O) groups is 2. The van der Waals surface area contributed by atoms with Gasteiger partial charge in [0, 0.05) is 39.1 Å². The largest absolute Gasteiger partial charge is 0.391 e. The highest BCUT2D eigenvalue weighted by Crippen LogP contribution is 2.29. The van der Waals surface area contributed by atoms with E-state index in [-0.39, 0.29) is 18.4 Å². The molecule has 3 heterocycles. The van der Waals surface area contributed by atoms with Crippen molar-refractivity contribution in [3.8, 4) is 0 Å². The Hall–Kier alpha value is -1.92. The van der Waals surface area contributed by atoms with Crippen molar-refractivity contribution >= 4 is 11.8 Å². The summed E-state index contributed by atoms with van der Waals surface area (Å²) in [5.74, 6) is -0.00112. The van der Waals surface area contributed by atoms with Gasteiger partial charge < -0.3 is 14.9 Å². The van der Waals surface area contributed by atoms with Crippen LogP contribution in [-0.2, 0) is 16.1 Å². The molecule has 0 unspecified atom stereocenters. The summed E-state index contributed by atoms with van der Waals surface area (Å²) in [6.07, 6.45) is -0.203. The van der Waals surface area contributed by atoms with Crippen LogP contribution in [0.3, 0.4) is 0 Å². The predicted molar refractivity (Wildman–Crippen MR) is 92.8 cm³/mol. The zero-order valence-corrected chi connectivity index (χ0v) is 14.8. The summed E-state index contributed by atoms with van der Waals surface area (Å²) < 4.78 is 0. The molecule has 25 heavy (non-hydrogen) atoms. The third kappa shape index (κ3) is 2.83. The number of amides is 2. The van der Waals surface area contributed by atoms with Gasteiger partial charge in [0.05, 0.1) is 6.10 Å². The number of hydrogen-bond donors (Lipinski definition) is 1. The lowest BCUT2D eigenvalue weighted by Crippen LogP contribution is -2.68. The van der Waals surface area contributed by atoms with Gasteiger partial charge in [-0.2, -0.15) is 0 Å². The summed E-state index contributed by atoms with van der Waals surface area (Å²) in [5, 5.41) is 9.85. The molecule has 4 rings (SSSR count). The van der Waals surface area contributed by atoms with Gasteiger partial charge in [-0.3, -0.25) is 14.5 Å². The molecule has 1 aromatic rings. The highest BCUT2D eigenvalue weighted by atomic mass is 16.3. The van der Waals surface area contributed by atoms with E-state index in [1.165, 1.54) is 16.7 Å². The van der Waals surface area contributed by atoms with Crippen LogP contribution < -0.4 is 0 Å². The average molecular weight is 343 g/mol. The van der Waals surface area contributed by atoms with Crippen LogP contribution in [0.25, 0.3) is 0 Å². The van der Waals surface area contributed by atoms with Gasteiger partial charge >= 0.3 is 0 Å². The summed E-state index contributed by atoms with van der Waals surface area (Å²) in [4.78, 5) is 31.1. The monoisotopic (exact) mass is 343 g/mol. The molecule has 3 saturated heterocycles. The van der Waals surface area contributed by atoms with E-state index in [1.54, 1.807) is 9.80 Å². The van der Waals surface area contributed by atoms with Crippen molar-refractivity contribution in [3.63, 3.8) is 0 Å². The van der Waals surface area contributed by atoms with Gasteiger partial charge in [0.25, 0.3) is 0 Å². The molecule has 6 nitrogen and oxygen atoms in total. The Balaban J connectivity index is 1.50. The van der Waals surface area contributed by atoms with Crippen molar-refractivity contribution in [1.82, 2.24) is 14.7 Å². The number of piperazine rings is 2. The molecule has 134 valence electrons. The molecule has 0 aromatic heterocycles. The van der Waals surface area contributed by atoms with Crippen molar-refractivity contribution in [1.29, 1.82) is 0 Å². The fourth-order valence-corrected chi connectivity index (χ4v) is 4.40. The molecule has 3 aliphatic rings. The summed E-state index contributed by atoms with van der Waals surface area (Å²) in [5.41, 5.74) is 3.78. The summed E-state index contributed by atoms with van der Waals surface area (Å²) in [7, 11) is 0. The first-order valence-corrected chi connectivity index (χ1v) is 9.01. The third-order valence-electron chi connectivity index (χ3n) is 5.77. The van der Waals surface area contributed by atoms with E-state index in [4.69, 9.17) is 0 Å². The minimum Gasteiger partial charge on any atom is -0.391 e. The highest BCUT2D eigenvalue weighted by Gasteiger charge is 2.51. The predicted octanol–water partition coefficient (Wildman–Crippen LogP) is 0.292. The van der Waals surface area contributed by atoms with Crippen LogP contribution in [0.5, 0.6) is 0 Å². The van der Waals surface area contributed by atoms with Crippen LogP contribution in [0.4, 0.5) is 0 Å². The van der Waals surface area contributed by atoms with Gasteiger partial charge in [-0.05, 0) is 25.0 Å². The SMILES string of the molecule is Cc1ccc(CN2CCN3C(=O)[C@@H]4C[C@@H](O)CN4C(=O)[C@H]3C2)c(C)c1. The van der Waals surface area contributed by atoms with E-state index in [9.17, 15) is 14.7 Å². The fourth-order valence-electron chi connectivity index (χ4n) is 4.40. The number of aryl methyl sites for hydroxylation is 2. The normalized spacial score (nSPS) is 29.8. The van der Waals surface area contributed by atoms with Gasteiger partial charge in [0.15, 0.2) is 0 Å². The third-order valence-corrected chi connectivity index (χ3v) is 5.77. The zero-order valence-electron chi connectivity index (χ0n) is 14.8. The van der Waals surface area contributed by atoms with E-state index in [1.807, 2.05) is 0 Å². The highest BCUT2D eigenvalue weighted by molar-refractivity contribution is 5.97. The van der Waals surface area contributed by atoms with Crippen molar-refractivity contribution in [2.75, 3.05) is 26.2 Å². The molecule has 3 fully saturated rings. The maximum atomic E-state index is 12.8. The molecule has 1 aromatic carbocycles. The number of fused-ring (bicyclic) bond motifs is 2. The Morgan fingerprint density at radius 2 is 1.80 bits per heavy atom. The van der Waals surface area contributed by atoms with Crippen LogP contribution in [0.2, 0.25) is 0 Å². The molecule has 0 radical (unpaired) electrons. The molecular formula is C19H25N3O3. The second kappa shape index (κ2) is 6.11. The lowest BCUT2D eigenvalue weighted by atomic mass is 10.0. The Labute approximate surface area is 148 Å². The van der Waals surface area contributed by atoms with Gasteiger partial charge in [-0.15, -0.1) is 0 Å². The second-order valence-electron chi connectivity index (χ2n) is 7.61. The van der Waals surface area contributed by atoms with Gasteiger partial charge in [-0.25, -0.2) is 0 Å². The van der Waals surface area contributed by atoms with Crippen LogP contribution in [-0.4, -0.2) is 76.0 Å². The maximum Gasteiger partial charge on any atom is 0.247 e. The summed E-state index contributed by atoms with van der Waals surface area (Å²) in [6.45, 7) is 7.21. The zero-order chi connectivity index (χ0) is 17.7. The number of benzene rings is 1. The first kappa shape index (κ1) is 16.5. The first-order valence-electron chi connectivity index (χ1n) is 9.01. The number of rotatable bonds is 2. The van der Waals surface area contributed by atoms with Crippen LogP contribution in [0.15, 0.2) is 18.2 Å². The number of aliphatic hydroxyl groups excluding tert-OH is 1. The molecule has 3 atom stereocenters. The van der Waals surface area contributed by atoms with Crippen molar-refractivity contribution in [2.24, 2.45) is 0 Å². The fraction of sp³-hybridized carbons (Fsp3) is 0.579. The summed E-state index contributed by atoms with van der Waals surface area (Å²) >= 11 is 0. The minimum absolute atomic E-state index is 0.00677. The van der Waals surface area contributed by atoms with Crippen LogP contribution in [0.1, 0.15) is 23.1 Å². The van der Waals surface area contributed by atoms with E-state index in [0.29, 0.717) is 19.5 Å². The van der Waals surface area contributed by atoms with E-state index >= 15 is 0 Å². The van der Waals surface area contributed by atoms with Crippen LogP contribution in [0, 0.1) is 13.8 Å². The molecule has 3 aliphatic heterocycles.